The minimum atomic E-state index is -0.448. The molecule has 0 aromatic heterocycles. The van der Waals surface area contributed by atoms with Crippen LogP contribution in [0, 0.1) is 5.92 Å². The molecular formula is C17H22N2O4. The summed E-state index contributed by atoms with van der Waals surface area (Å²) >= 11 is 0. The topological polar surface area (TPSA) is 66.9 Å². The Morgan fingerprint density at radius 3 is 2.48 bits per heavy atom. The number of esters is 1. The van der Waals surface area contributed by atoms with Crippen molar-refractivity contribution in [3.63, 3.8) is 0 Å². The van der Waals surface area contributed by atoms with Crippen molar-refractivity contribution in [2.45, 2.75) is 26.8 Å². The number of hydrogen-bond acceptors (Lipinski definition) is 4. The van der Waals surface area contributed by atoms with Crippen molar-refractivity contribution in [1.82, 2.24) is 4.90 Å². The molecule has 2 atom stereocenters. The van der Waals surface area contributed by atoms with Gasteiger partial charge in [-0.05, 0) is 12.1 Å². The van der Waals surface area contributed by atoms with Crippen molar-refractivity contribution in [3.8, 4) is 0 Å². The number of ether oxygens (including phenoxy) is 1. The first-order valence-corrected chi connectivity index (χ1v) is 7.67. The Morgan fingerprint density at radius 2 is 1.96 bits per heavy atom. The maximum Gasteiger partial charge on any atom is 0.302 e. The van der Waals surface area contributed by atoms with E-state index < -0.39 is 6.04 Å². The molecule has 6 nitrogen and oxygen atoms in total. The van der Waals surface area contributed by atoms with Gasteiger partial charge in [0.2, 0.25) is 11.8 Å². The number of benzene rings is 1. The molecule has 124 valence electrons. The van der Waals surface area contributed by atoms with Crippen LogP contribution in [0.1, 0.15) is 20.8 Å². The molecule has 1 heterocycles. The molecular weight excluding hydrogens is 296 g/mol. The van der Waals surface area contributed by atoms with Crippen LogP contribution < -0.4 is 4.90 Å². The Kier molecular flexibility index (Phi) is 5.36. The van der Waals surface area contributed by atoms with Gasteiger partial charge in [-0.25, -0.2) is 0 Å². The number of rotatable bonds is 6. The molecule has 2 amide bonds. The summed E-state index contributed by atoms with van der Waals surface area (Å²) in [5.41, 5.74) is 0.728. The number of para-hydroxylation sites is 1. The van der Waals surface area contributed by atoms with Crippen molar-refractivity contribution in [2.24, 2.45) is 5.92 Å². The summed E-state index contributed by atoms with van der Waals surface area (Å²) in [6.45, 7) is 6.05. The van der Waals surface area contributed by atoms with E-state index in [1.54, 1.807) is 4.90 Å². The van der Waals surface area contributed by atoms with Gasteiger partial charge >= 0.3 is 5.97 Å². The van der Waals surface area contributed by atoms with Crippen molar-refractivity contribution in [1.29, 1.82) is 0 Å². The first-order valence-electron chi connectivity index (χ1n) is 7.67. The lowest BCUT2D eigenvalue weighted by Gasteiger charge is -2.44. The molecule has 1 aromatic carbocycles. The Hall–Kier alpha value is -2.37. The van der Waals surface area contributed by atoms with E-state index >= 15 is 0 Å². The van der Waals surface area contributed by atoms with Gasteiger partial charge in [-0.15, -0.1) is 0 Å². The normalized spacial score (nSPS) is 18.1. The monoisotopic (exact) mass is 318 g/mol. The second kappa shape index (κ2) is 7.26. The molecule has 0 spiro atoms. The maximum absolute atomic E-state index is 12.4. The highest BCUT2D eigenvalue weighted by Crippen LogP contribution is 2.24. The second-order valence-electron chi connectivity index (χ2n) is 5.89. The fourth-order valence-corrected chi connectivity index (χ4v) is 2.69. The summed E-state index contributed by atoms with van der Waals surface area (Å²) in [5.74, 6) is -0.483. The molecule has 1 unspecified atom stereocenters. The lowest BCUT2D eigenvalue weighted by Crippen LogP contribution is -2.65. The van der Waals surface area contributed by atoms with Crippen molar-refractivity contribution in [3.05, 3.63) is 30.3 Å². The lowest BCUT2D eigenvalue weighted by molar-refractivity contribution is -0.146. The Morgan fingerprint density at radius 1 is 1.30 bits per heavy atom. The average molecular weight is 318 g/mol. The van der Waals surface area contributed by atoms with E-state index in [9.17, 15) is 14.4 Å². The van der Waals surface area contributed by atoms with Gasteiger partial charge in [0.1, 0.15) is 6.04 Å². The standard InChI is InChI=1S/C17H22N2O4/c1-12(11-23-14(3)21)9-18-10-16(17(18)22)19(13(2)20)15-7-5-4-6-8-15/h4-8,12,16H,9-11H2,1-3H3/t12?,16-/m0/s1. The van der Waals surface area contributed by atoms with E-state index in [0.29, 0.717) is 19.7 Å². The minimum Gasteiger partial charge on any atom is -0.466 e. The van der Waals surface area contributed by atoms with Crippen molar-refractivity contribution in [2.75, 3.05) is 24.6 Å². The van der Waals surface area contributed by atoms with Crippen LogP contribution >= 0.6 is 0 Å². The highest BCUT2D eigenvalue weighted by atomic mass is 16.5. The third-order valence-electron chi connectivity index (χ3n) is 3.78. The molecule has 2 rings (SSSR count). The number of hydrogen-bond donors (Lipinski definition) is 0. The summed E-state index contributed by atoms with van der Waals surface area (Å²) in [5, 5.41) is 0. The quantitative estimate of drug-likeness (QED) is 0.588. The molecule has 6 heteroatoms. The number of anilines is 1. The molecule has 1 saturated heterocycles. The van der Waals surface area contributed by atoms with Gasteiger partial charge in [-0.1, -0.05) is 25.1 Å². The van der Waals surface area contributed by atoms with Gasteiger partial charge in [0, 0.05) is 32.0 Å². The van der Waals surface area contributed by atoms with Gasteiger partial charge in [0.15, 0.2) is 0 Å². The third-order valence-corrected chi connectivity index (χ3v) is 3.78. The predicted molar refractivity (Wildman–Crippen MR) is 85.8 cm³/mol. The zero-order valence-electron chi connectivity index (χ0n) is 13.7. The predicted octanol–water partition coefficient (Wildman–Crippen LogP) is 1.45. The van der Waals surface area contributed by atoms with Crippen LogP contribution in [0.25, 0.3) is 0 Å². The summed E-state index contributed by atoms with van der Waals surface area (Å²) in [4.78, 5) is 38.3. The van der Waals surface area contributed by atoms with Gasteiger partial charge in [-0.3, -0.25) is 19.3 Å². The number of carbonyl (C=O) groups excluding carboxylic acids is 3. The molecule has 1 aliphatic heterocycles. The van der Waals surface area contributed by atoms with Crippen LogP contribution in [-0.4, -0.2) is 48.4 Å². The highest BCUT2D eigenvalue weighted by Gasteiger charge is 2.42. The summed E-state index contributed by atoms with van der Waals surface area (Å²) in [7, 11) is 0. The van der Waals surface area contributed by atoms with Crippen LogP contribution in [0.3, 0.4) is 0 Å². The summed E-state index contributed by atoms with van der Waals surface area (Å²) < 4.78 is 4.95. The summed E-state index contributed by atoms with van der Waals surface area (Å²) in [6, 6.07) is 8.74. The summed E-state index contributed by atoms with van der Waals surface area (Å²) in [6.07, 6.45) is 0. The van der Waals surface area contributed by atoms with Gasteiger partial charge < -0.3 is 9.64 Å². The first kappa shape index (κ1) is 17.0. The van der Waals surface area contributed by atoms with E-state index in [1.165, 1.54) is 18.7 Å². The van der Waals surface area contributed by atoms with E-state index in [-0.39, 0.29) is 23.7 Å². The molecule has 0 saturated carbocycles. The lowest BCUT2D eigenvalue weighted by atomic mass is 10.0. The van der Waals surface area contributed by atoms with Crippen LogP contribution in [0.4, 0.5) is 5.69 Å². The van der Waals surface area contributed by atoms with Crippen LogP contribution in [-0.2, 0) is 19.1 Å². The largest absolute Gasteiger partial charge is 0.466 e. The van der Waals surface area contributed by atoms with Gasteiger partial charge in [0.25, 0.3) is 0 Å². The molecule has 0 N–H and O–H groups in total. The second-order valence-corrected chi connectivity index (χ2v) is 5.89. The zero-order chi connectivity index (χ0) is 17.0. The number of amides is 2. The van der Waals surface area contributed by atoms with Crippen LogP contribution in [0.5, 0.6) is 0 Å². The molecule has 0 bridgehead atoms. The number of nitrogens with zero attached hydrogens (tertiary/aromatic N) is 2. The van der Waals surface area contributed by atoms with E-state index in [2.05, 4.69) is 0 Å². The fourth-order valence-electron chi connectivity index (χ4n) is 2.69. The van der Waals surface area contributed by atoms with Crippen LogP contribution in [0.2, 0.25) is 0 Å². The molecule has 0 aliphatic carbocycles. The molecule has 1 aromatic rings. The maximum atomic E-state index is 12.4. The Bertz CT molecular complexity index is 588. The van der Waals surface area contributed by atoms with Crippen LogP contribution in [0.15, 0.2) is 30.3 Å². The molecule has 1 aliphatic rings. The van der Waals surface area contributed by atoms with E-state index in [1.807, 2.05) is 37.3 Å². The zero-order valence-corrected chi connectivity index (χ0v) is 13.7. The number of carbonyl (C=O) groups is 3. The number of β-lactam (4-membered cyclic amide) rings is 1. The molecule has 23 heavy (non-hydrogen) atoms. The van der Waals surface area contributed by atoms with Gasteiger partial charge in [0.05, 0.1) is 13.2 Å². The third kappa shape index (κ3) is 4.09. The fraction of sp³-hybridized carbons (Fsp3) is 0.471. The first-order chi connectivity index (χ1) is 10.9. The van der Waals surface area contributed by atoms with Crippen molar-refractivity contribution >= 4 is 23.5 Å². The average Bonchev–Trinajstić information content (AvgIpc) is 2.52. The molecule has 1 fully saturated rings. The van der Waals surface area contributed by atoms with Crippen molar-refractivity contribution < 1.29 is 19.1 Å². The highest BCUT2D eigenvalue weighted by molar-refractivity contribution is 6.02. The number of likely N-dealkylation sites (tertiary alicyclic amines) is 1. The SMILES string of the molecule is CC(=O)OCC(C)CN1C[C@H](N(C(C)=O)c2ccccc2)C1=O. The molecule has 0 radical (unpaired) electrons. The van der Waals surface area contributed by atoms with E-state index in [0.717, 1.165) is 5.69 Å². The smallest absolute Gasteiger partial charge is 0.302 e. The minimum absolute atomic E-state index is 0.0614. The Balaban J connectivity index is 1.95. The van der Waals surface area contributed by atoms with Gasteiger partial charge in [-0.2, -0.15) is 0 Å². The van der Waals surface area contributed by atoms with E-state index in [4.69, 9.17) is 4.74 Å². The Labute approximate surface area is 136 Å².